The van der Waals surface area contributed by atoms with Crippen LogP contribution in [0.15, 0.2) is 48.1 Å². The third kappa shape index (κ3) is 2.77. The van der Waals surface area contributed by atoms with E-state index in [9.17, 15) is 28.8 Å². The van der Waals surface area contributed by atoms with Crippen molar-refractivity contribution in [3.05, 3.63) is 48.1 Å². The lowest BCUT2D eigenvalue weighted by Gasteiger charge is -2.51. The molecule has 0 spiro atoms. The highest BCUT2D eigenvalue weighted by Gasteiger charge is 2.64. The van der Waals surface area contributed by atoms with E-state index in [0.717, 1.165) is 18.2 Å². The van der Waals surface area contributed by atoms with Crippen LogP contribution in [0.5, 0.6) is 0 Å². The molecule has 0 unspecified atom stereocenters. The van der Waals surface area contributed by atoms with E-state index in [-0.39, 0.29) is 5.57 Å². The lowest BCUT2D eigenvalue weighted by Crippen LogP contribution is -2.61. The van der Waals surface area contributed by atoms with Gasteiger partial charge in [0.25, 0.3) is 0 Å². The quantitative estimate of drug-likeness (QED) is 0.380. The monoisotopic (exact) mass is 384 g/mol. The van der Waals surface area contributed by atoms with Gasteiger partial charge < -0.3 is 9.47 Å². The van der Waals surface area contributed by atoms with E-state index >= 15 is 0 Å². The Bertz CT molecular complexity index is 932. The summed E-state index contributed by atoms with van der Waals surface area (Å²) >= 11 is 0. The molecule has 8 heteroatoms. The Morgan fingerprint density at radius 1 is 0.964 bits per heavy atom. The number of Topliss-reactive ketones (excluding diaryl/α,β-unsaturated/α-hetero) is 3. The molecular weight excluding hydrogens is 368 g/mol. The van der Waals surface area contributed by atoms with E-state index < -0.39 is 58.2 Å². The first-order valence-electron chi connectivity index (χ1n) is 8.37. The van der Waals surface area contributed by atoms with Crippen LogP contribution in [0.3, 0.4) is 0 Å². The number of ketones is 4. The van der Waals surface area contributed by atoms with Crippen molar-refractivity contribution in [3.63, 3.8) is 0 Å². The molecule has 0 aliphatic heterocycles. The fourth-order valence-electron chi connectivity index (χ4n) is 4.00. The summed E-state index contributed by atoms with van der Waals surface area (Å²) in [6, 6.07) is 0. The van der Waals surface area contributed by atoms with Crippen LogP contribution in [0.1, 0.15) is 0 Å². The molecule has 0 radical (unpaired) electrons. The second-order valence-electron chi connectivity index (χ2n) is 6.60. The van der Waals surface area contributed by atoms with Gasteiger partial charge in [-0.15, -0.1) is 0 Å². The molecule has 8 nitrogen and oxygen atoms in total. The summed E-state index contributed by atoms with van der Waals surface area (Å²) in [5.74, 6) is -8.06. The van der Waals surface area contributed by atoms with Crippen molar-refractivity contribution in [1.29, 1.82) is 0 Å². The molecule has 4 aliphatic rings. The van der Waals surface area contributed by atoms with Crippen LogP contribution in [0.2, 0.25) is 0 Å². The van der Waals surface area contributed by atoms with E-state index in [1.165, 1.54) is 38.5 Å². The third-order valence-corrected chi connectivity index (χ3v) is 5.31. The maximum absolute atomic E-state index is 12.7. The molecule has 1 fully saturated rings. The second kappa shape index (κ2) is 6.95. The molecule has 0 aromatic rings. The Hall–Kier alpha value is -3.42. The summed E-state index contributed by atoms with van der Waals surface area (Å²) in [7, 11) is 2.35. The number of hydrogen-bond acceptors (Lipinski definition) is 8. The number of hydrogen-bond donors (Lipinski definition) is 0. The summed E-state index contributed by atoms with van der Waals surface area (Å²) in [4.78, 5) is 72.9. The predicted octanol–water partition coefficient (Wildman–Crippen LogP) is 0.0796. The highest BCUT2D eigenvalue weighted by molar-refractivity contribution is 6.48. The summed E-state index contributed by atoms with van der Waals surface area (Å²) in [5.41, 5.74) is -1.05. The molecular formula is C20H16O8. The molecule has 28 heavy (non-hydrogen) atoms. The minimum Gasteiger partial charge on any atom is -0.466 e. The summed E-state index contributed by atoms with van der Waals surface area (Å²) in [5, 5.41) is 0. The maximum atomic E-state index is 12.7. The Labute approximate surface area is 159 Å². The van der Waals surface area contributed by atoms with Crippen LogP contribution < -0.4 is 0 Å². The van der Waals surface area contributed by atoms with Gasteiger partial charge >= 0.3 is 11.9 Å². The van der Waals surface area contributed by atoms with Crippen molar-refractivity contribution in [3.8, 4) is 0 Å². The normalized spacial score (nSPS) is 31.4. The Morgan fingerprint density at radius 3 is 2.25 bits per heavy atom. The molecule has 2 bridgehead atoms. The van der Waals surface area contributed by atoms with Crippen molar-refractivity contribution in [2.24, 2.45) is 23.2 Å². The minimum absolute atomic E-state index is 0.281. The first kappa shape index (κ1) is 19.3. The fraction of sp³-hybridized carbons (Fsp3) is 0.300. The SMILES string of the molecule is COC(=O)/C=C/C1=C[C@H]2C(=O)C(=O)[C@@H]1[C@@H]1C(=O)C(=O)C=C[C@]21/C=C/C(=O)OC. The van der Waals surface area contributed by atoms with E-state index in [0.29, 0.717) is 0 Å². The van der Waals surface area contributed by atoms with Crippen LogP contribution in [-0.4, -0.2) is 49.3 Å². The number of methoxy groups -OCH3 is 2. The Balaban J connectivity index is 2.19. The van der Waals surface area contributed by atoms with E-state index in [2.05, 4.69) is 9.47 Å². The lowest BCUT2D eigenvalue weighted by atomic mass is 9.47. The van der Waals surface area contributed by atoms with Gasteiger partial charge in [0.15, 0.2) is 0 Å². The average molecular weight is 384 g/mol. The first-order valence-corrected chi connectivity index (χ1v) is 8.37. The van der Waals surface area contributed by atoms with Crippen LogP contribution in [0.25, 0.3) is 0 Å². The van der Waals surface area contributed by atoms with E-state index in [1.54, 1.807) is 0 Å². The van der Waals surface area contributed by atoms with Gasteiger partial charge in [0.2, 0.25) is 23.1 Å². The molecule has 0 aromatic carbocycles. The average Bonchev–Trinajstić information content (AvgIpc) is 2.70. The molecule has 1 saturated carbocycles. The molecule has 0 amide bonds. The molecule has 4 atom stereocenters. The topological polar surface area (TPSA) is 121 Å². The summed E-state index contributed by atoms with van der Waals surface area (Å²) in [6.07, 6.45) is 8.70. The highest BCUT2D eigenvalue weighted by atomic mass is 16.5. The molecule has 0 N–H and O–H groups in total. The zero-order chi connectivity index (χ0) is 20.6. The van der Waals surface area contributed by atoms with Gasteiger partial charge in [-0.05, 0) is 11.6 Å². The van der Waals surface area contributed by atoms with Crippen molar-refractivity contribution in [1.82, 2.24) is 0 Å². The van der Waals surface area contributed by atoms with Crippen LogP contribution in [0.4, 0.5) is 0 Å². The predicted molar refractivity (Wildman–Crippen MR) is 92.5 cm³/mol. The van der Waals surface area contributed by atoms with Gasteiger partial charge in [-0.3, -0.25) is 19.2 Å². The van der Waals surface area contributed by atoms with E-state index in [1.807, 2.05) is 0 Å². The largest absolute Gasteiger partial charge is 0.466 e. The van der Waals surface area contributed by atoms with Crippen molar-refractivity contribution in [2.45, 2.75) is 0 Å². The molecule has 4 aliphatic carbocycles. The van der Waals surface area contributed by atoms with Gasteiger partial charge in [0, 0.05) is 17.6 Å². The van der Waals surface area contributed by atoms with Gasteiger partial charge in [-0.1, -0.05) is 24.3 Å². The molecule has 144 valence electrons. The Morgan fingerprint density at radius 2 is 1.61 bits per heavy atom. The summed E-state index contributed by atoms with van der Waals surface area (Å²) in [6.45, 7) is 0. The van der Waals surface area contributed by atoms with Crippen LogP contribution in [-0.2, 0) is 38.2 Å². The maximum Gasteiger partial charge on any atom is 0.330 e. The molecule has 0 saturated heterocycles. The van der Waals surface area contributed by atoms with Crippen LogP contribution in [0, 0.1) is 23.2 Å². The summed E-state index contributed by atoms with van der Waals surface area (Å²) < 4.78 is 9.07. The van der Waals surface area contributed by atoms with Crippen molar-refractivity contribution < 1.29 is 38.2 Å². The number of ether oxygens (including phenoxy) is 2. The second-order valence-corrected chi connectivity index (χ2v) is 6.60. The van der Waals surface area contributed by atoms with Crippen LogP contribution >= 0.6 is 0 Å². The minimum atomic E-state index is -1.34. The van der Waals surface area contributed by atoms with Gasteiger partial charge in [0.1, 0.15) is 0 Å². The highest BCUT2D eigenvalue weighted by Crippen LogP contribution is 2.56. The molecule has 4 rings (SSSR count). The number of carbonyl (C=O) groups is 6. The number of fused-ring (bicyclic) bond motifs is 1. The Kier molecular flexibility index (Phi) is 4.80. The number of allylic oxidation sites excluding steroid dienone is 6. The zero-order valence-corrected chi connectivity index (χ0v) is 15.0. The fourth-order valence-corrected chi connectivity index (χ4v) is 4.00. The smallest absolute Gasteiger partial charge is 0.330 e. The van der Waals surface area contributed by atoms with Gasteiger partial charge in [0.05, 0.1) is 32.0 Å². The van der Waals surface area contributed by atoms with Gasteiger partial charge in [-0.25, -0.2) is 9.59 Å². The molecule has 0 aromatic heterocycles. The van der Waals surface area contributed by atoms with Crippen molar-refractivity contribution in [2.75, 3.05) is 14.2 Å². The van der Waals surface area contributed by atoms with Gasteiger partial charge in [-0.2, -0.15) is 0 Å². The van der Waals surface area contributed by atoms with Crippen molar-refractivity contribution >= 4 is 35.1 Å². The number of rotatable bonds is 4. The molecule has 0 heterocycles. The van der Waals surface area contributed by atoms with E-state index in [4.69, 9.17) is 0 Å². The lowest BCUT2D eigenvalue weighted by molar-refractivity contribution is -0.154. The first-order chi connectivity index (χ1) is 13.3. The third-order valence-electron chi connectivity index (χ3n) is 5.31. The number of carbonyl (C=O) groups excluding carboxylic acids is 6. The number of esters is 2. The zero-order valence-electron chi connectivity index (χ0n) is 15.0. The standard InChI is InChI=1S/C20H16O8/c1-27-13(22)4-3-10-9-11-17(24)19(26)15(10)16-18(25)12(21)5-7-20(11,16)8-6-14(23)28-2/h3-9,11,15-16H,1-2H3/b4-3+,8-6+/t11-,15-,16+,20-/m0/s1.